The Morgan fingerprint density at radius 3 is 2.71 bits per heavy atom. The summed E-state index contributed by atoms with van der Waals surface area (Å²) >= 11 is 1.73. The Kier molecular flexibility index (Phi) is 5.38. The van der Waals surface area contributed by atoms with Crippen LogP contribution in [-0.4, -0.2) is 21.0 Å². The van der Waals surface area contributed by atoms with Crippen LogP contribution in [0.15, 0.2) is 48.1 Å². The first-order valence-corrected chi connectivity index (χ1v) is 8.95. The summed E-state index contributed by atoms with van der Waals surface area (Å²) in [6.07, 6.45) is 4.57. The topological polar surface area (TPSA) is 62.7 Å². The van der Waals surface area contributed by atoms with E-state index in [0.29, 0.717) is 12.0 Å². The van der Waals surface area contributed by atoms with Gasteiger partial charge < -0.3 is 10.6 Å². The van der Waals surface area contributed by atoms with Gasteiger partial charge in [-0.05, 0) is 36.9 Å². The number of nitrogens with one attached hydrogen (secondary N) is 2. The quantitative estimate of drug-likeness (QED) is 0.667. The fraction of sp³-hybridized carbons (Fsp3) is 0.278. The van der Waals surface area contributed by atoms with Crippen LogP contribution in [0.25, 0.3) is 11.3 Å². The normalized spacial score (nSPS) is 11.9. The third-order valence-corrected chi connectivity index (χ3v) is 4.59. The first-order valence-electron chi connectivity index (χ1n) is 8.07. The lowest BCUT2D eigenvalue weighted by Gasteiger charge is -2.14. The van der Waals surface area contributed by atoms with Gasteiger partial charge in [0.2, 0.25) is 5.95 Å². The monoisotopic (exact) mass is 339 g/mol. The van der Waals surface area contributed by atoms with Gasteiger partial charge in [-0.2, -0.15) is 4.98 Å². The van der Waals surface area contributed by atoms with Gasteiger partial charge in [-0.1, -0.05) is 13.0 Å². The van der Waals surface area contributed by atoms with Crippen LogP contribution >= 0.6 is 11.3 Å². The zero-order chi connectivity index (χ0) is 16.8. The maximum Gasteiger partial charge on any atom is 0.225 e. The molecule has 2 N–H and O–H groups in total. The van der Waals surface area contributed by atoms with Crippen molar-refractivity contribution >= 4 is 23.1 Å². The van der Waals surface area contributed by atoms with Gasteiger partial charge in [0.1, 0.15) is 5.82 Å². The number of anilines is 2. The van der Waals surface area contributed by atoms with E-state index >= 15 is 0 Å². The molecule has 0 bridgehead atoms. The molecule has 3 aromatic heterocycles. The van der Waals surface area contributed by atoms with E-state index in [1.165, 1.54) is 4.88 Å². The largest absolute Gasteiger partial charge is 0.365 e. The van der Waals surface area contributed by atoms with E-state index < -0.39 is 0 Å². The maximum absolute atomic E-state index is 4.65. The summed E-state index contributed by atoms with van der Waals surface area (Å²) in [4.78, 5) is 14.6. The molecule has 0 amide bonds. The predicted octanol–water partition coefficient (Wildman–Crippen LogP) is 4.42. The molecule has 0 saturated carbocycles. The Labute approximate surface area is 146 Å². The van der Waals surface area contributed by atoms with Gasteiger partial charge >= 0.3 is 0 Å². The molecule has 0 fully saturated rings. The molecule has 3 rings (SSSR count). The second-order valence-corrected chi connectivity index (χ2v) is 6.62. The van der Waals surface area contributed by atoms with Crippen LogP contribution in [0, 0.1) is 0 Å². The molecule has 0 radical (unpaired) electrons. The Balaban J connectivity index is 1.87. The second-order valence-electron chi connectivity index (χ2n) is 5.58. The Hall–Kier alpha value is -2.47. The minimum Gasteiger partial charge on any atom is -0.365 e. The van der Waals surface area contributed by atoms with E-state index in [1.54, 1.807) is 23.7 Å². The van der Waals surface area contributed by atoms with Crippen LogP contribution in [0.3, 0.4) is 0 Å². The van der Waals surface area contributed by atoms with E-state index in [0.717, 1.165) is 30.0 Å². The second kappa shape index (κ2) is 7.88. The van der Waals surface area contributed by atoms with E-state index in [2.05, 4.69) is 56.9 Å². The summed E-state index contributed by atoms with van der Waals surface area (Å²) in [5.41, 5.74) is 1.91. The van der Waals surface area contributed by atoms with E-state index in [1.807, 2.05) is 18.2 Å². The highest BCUT2D eigenvalue weighted by Crippen LogP contribution is 2.22. The van der Waals surface area contributed by atoms with Crippen molar-refractivity contribution in [3.63, 3.8) is 0 Å². The molecule has 1 atom stereocenters. The van der Waals surface area contributed by atoms with Crippen molar-refractivity contribution in [1.29, 1.82) is 0 Å². The van der Waals surface area contributed by atoms with Gasteiger partial charge in [0, 0.05) is 34.9 Å². The predicted molar refractivity (Wildman–Crippen MR) is 100 cm³/mol. The summed E-state index contributed by atoms with van der Waals surface area (Å²) in [5.74, 6) is 1.46. The number of rotatable bonds is 7. The van der Waals surface area contributed by atoms with Gasteiger partial charge in [0.15, 0.2) is 0 Å². The summed E-state index contributed by atoms with van der Waals surface area (Å²) in [6.45, 7) is 5.02. The molecule has 0 aliphatic rings. The molecular weight excluding hydrogens is 318 g/mol. The van der Waals surface area contributed by atoms with Crippen molar-refractivity contribution in [3.05, 3.63) is 53.0 Å². The van der Waals surface area contributed by atoms with Crippen molar-refractivity contribution in [1.82, 2.24) is 15.0 Å². The van der Waals surface area contributed by atoms with Crippen molar-refractivity contribution in [2.75, 3.05) is 10.6 Å². The fourth-order valence-electron chi connectivity index (χ4n) is 2.19. The van der Waals surface area contributed by atoms with E-state index in [-0.39, 0.29) is 0 Å². The highest BCUT2D eigenvalue weighted by atomic mass is 32.1. The molecule has 124 valence electrons. The lowest BCUT2D eigenvalue weighted by Crippen LogP contribution is -2.16. The summed E-state index contributed by atoms with van der Waals surface area (Å²) < 4.78 is 0. The molecule has 6 heteroatoms. The zero-order valence-corrected chi connectivity index (χ0v) is 14.7. The molecule has 0 aromatic carbocycles. The first kappa shape index (κ1) is 16.4. The Morgan fingerprint density at radius 2 is 2.00 bits per heavy atom. The highest BCUT2D eigenvalue weighted by molar-refractivity contribution is 7.09. The number of thiophene rings is 1. The molecule has 0 aliphatic carbocycles. The van der Waals surface area contributed by atoms with Crippen molar-refractivity contribution < 1.29 is 0 Å². The minimum atomic E-state index is 0.322. The van der Waals surface area contributed by atoms with Crippen LogP contribution in [0.4, 0.5) is 11.8 Å². The molecule has 0 unspecified atom stereocenters. The Bertz CT molecular complexity index is 758. The van der Waals surface area contributed by atoms with Crippen molar-refractivity contribution in [3.8, 4) is 11.3 Å². The van der Waals surface area contributed by atoms with Gasteiger partial charge in [-0.3, -0.25) is 4.98 Å². The summed E-state index contributed by atoms with van der Waals surface area (Å²) in [5, 5.41) is 8.83. The lowest BCUT2D eigenvalue weighted by atomic mass is 10.2. The Morgan fingerprint density at radius 1 is 1.17 bits per heavy atom. The van der Waals surface area contributed by atoms with E-state index in [9.17, 15) is 0 Å². The zero-order valence-electron chi connectivity index (χ0n) is 13.9. The van der Waals surface area contributed by atoms with Gasteiger partial charge in [-0.25, -0.2) is 4.98 Å². The van der Waals surface area contributed by atoms with Crippen LogP contribution in [0.2, 0.25) is 0 Å². The average molecular weight is 339 g/mol. The number of aromatic nitrogens is 3. The molecule has 24 heavy (non-hydrogen) atoms. The van der Waals surface area contributed by atoms with Crippen LogP contribution in [0.1, 0.15) is 25.1 Å². The fourth-order valence-corrected chi connectivity index (χ4v) is 2.83. The molecular formula is C18H21N5S. The third-order valence-electron chi connectivity index (χ3n) is 3.71. The van der Waals surface area contributed by atoms with Crippen LogP contribution < -0.4 is 10.6 Å². The van der Waals surface area contributed by atoms with Gasteiger partial charge in [0.25, 0.3) is 0 Å². The smallest absolute Gasteiger partial charge is 0.225 e. The minimum absolute atomic E-state index is 0.322. The lowest BCUT2D eigenvalue weighted by molar-refractivity contribution is 0.753. The molecule has 0 spiro atoms. The maximum atomic E-state index is 4.65. The number of pyridine rings is 1. The molecule has 5 nitrogen and oxygen atoms in total. The molecule has 0 saturated heterocycles. The van der Waals surface area contributed by atoms with E-state index in [4.69, 9.17) is 0 Å². The van der Waals surface area contributed by atoms with Gasteiger partial charge in [-0.15, -0.1) is 11.3 Å². The molecule has 3 aromatic rings. The third kappa shape index (κ3) is 4.29. The number of hydrogen-bond donors (Lipinski definition) is 2. The van der Waals surface area contributed by atoms with Gasteiger partial charge in [0.05, 0.1) is 12.2 Å². The average Bonchev–Trinajstić information content (AvgIpc) is 3.14. The van der Waals surface area contributed by atoms with Crippen molar-refractivity contribution in [2.24, 2.45) is 0 Å². The molecule has 3 heterocycles. The van der Waals surface area contributed by atoms with Crippen molar-refractivity contribution in [2.45, 2.75) is 32.9 Å². The first-order chi connectivity index (χ1) is 11.7. The summed E-state index contributed by atoms with van der Waals surface area (Å²) in [6, 6.07) is 10.4. The molecule has 0 aliphatic heterocycles. The standard InChI is InChI=1S/C18H21N5S/c1-3-13(2)21-18-22-16(14-6-8-19-9-7-14)11-17(23-18)20-12-15-5-4-10-24-15/h4-11,13H,3,12H2,1-2H3,(H2,20,21,22,23)/t13-/m0/s1. The highest BCUT2D eigenvalue weighted by Gasteiger charge is 2.09. The number of hydrogen-bond acceptors (Lipinski definition) is 6. The van der Waals surface area contributed by atoms with Crippen LogP contribution in [0.5, 0.6) is 0 Å². The summed E-state index contributed by atoms with van der Waals surface area (Å²) in [7, 11) is 0. The SMILES string of the molecule is CC[C@H](C)Nc1nc(NCc2cccs2)cc(-c2ccncc2)n1. The number of nitrogens with zero attached hydrogens (tertiary/aromatic N) is 3. The van der Waals surface area contributed by atoms with Crippen LogP contribution in [-0.2, 0) is 6.54 Å².